The van der Waals surface area contributed by atoms with Crippen LogP contribution in [0.4, 0.5) is 17.1 Å². The third-order valence-electron chi connectivity index (χ3n) is 5.35. The third-order valence-corrected chi connectivity index (χ3v) is 6.32. The summed E-state index contributed by atoms with van der Waals surface area (Å²) in [6, 6.07) is 5.97. The van der Waals surface area contributed by atoms with Crippen molar-refractivity contribution in [3.05, 3.63) is 51.7 Å². The highest BCUT2D eigenvalue weighted by atomic mass is 35.5. The van der Waals surface area contributed by atoms with Gasteiger partial charge in [0.15, 0.2) is 0 Å². The Morgan fingerprint density at radius 1 is 1.09 bits per heavy atom. The SMILES string of the molecule is CCCN1CCN(C2=Nc3cc(Cl)ccc3N(C)c3cscc32)CC1.O=C(O)/C=C/C(=O)O. The minimum absolute atomic E-state index is 0.558. The number of carbonyl (C=O) groups is 2. The van der Waals surface area contributed by atoms with Gasteiger partial charge in [0.05, 0.1) is 22.6 Å². The molecule has 0 spiro atoms. The second kappa shape index (κ2) is 11.3. The molecular weight excluding hydrogens is 464 g/mol. The zero-order valence-electron chi connectivity index (χ0n) is 18.6. The van der Waals surface area contributed by atoms with E-state index in [2.05, 4.69) is 45.5 Å². The Labute approximate surface area is 202 Å². The van der Waals surface area contributed by atoms with Crippen molar-refractivity contribution in [3.8, 4) is 0 Å². The van der Waals surface area contributed by atoms with Crippen molar-refractivity contribution in [1.82, 2.24) is 9.80 Å². The van der Waals surface area contributed by atoms with Crippen LogP contribution in [-0.4, -0.2) is 77.6 Å². The molecule has 0 atom stereocenters. The number of carboxylic acids is 2. The lowest BCUT2D eigenvalue weighted by atomic mass is 10.2. The summed E-state index contributed by atoms with van der Waals surface area (Å²) in [6.45, 7) is 7.68. The van der Waals surface area contributed by atoms with Gasteiger partial charge in [-0.25, -0.2) is 14.6 Å². The van der Waals surface area contributed by atoms with Gasteiger partial charge in [0, 0.05) is 61.2 Å². The van der Waals surface area contributed by atoms with E-state index in [1.54, 1.807) is 11.3 Å². The maximum absolute atomic E-state index is 9.55. The van der Waals surface area contributed by atoms with Crippen LogP contribution in [0.2, 0.25) is 5.02 Å². The highest BCUT2D eigenvalue weighted by Gasteiger charge is 2.27. The van der Waals surface area contributed by atoms with E-state index in [9.17, 15) is 9.59 Å². The van der Waals surface area contributed by atoms with Gasteiger partial charge < -0.3 is 20.0 Å². The van der Waals surface area contributed by atoms with Crippen LogP contribution in [0.1, 0.15) is 18.9 Å². The number of halogens is 1. The first kappa shape index (κ1) is 24.8. The number of hydrogen-bond donors (Lipinski definition) is 2. The van der Waals surface area contributed by atoms with E-state index >= 15 is 0 Å². The minimum Gasteiger partial charge on any atom is -0.478 e. The number of thiophene rings is 1. The lowest BCUT2D eigenvalue weighted by Gasteiger charge is -2.36. The molecule has 0 saturated carbocycles. The number of piperazine rings is 1. The van der Waals surface area contributed by atoms with Gasteiger partial charge in [-0.2, -0.15) is 0 Å². The van der Waals surface area contributed by atoms with Crippen molar-refractivity contribution in [3.63, 3.8) is 0 Å². The first-order valence-corrected chi connectivity index (χ1v) is 11.9. The van der Waals surface area contributed by atoms with Crippen molar-refractivity contribution in [2.45, 2.75) is 13.3 Å². The van der Waals surface area contributed by atoms with Crippen LogP contribution in [0.15, 0.2) is 46.1 Å². The van der Waals surface area contributed by atoms with Gasteiger partial charge in [-0.3, -0.25) is 4.90 Å². The van der Waals surface area contributed by atoms with Crippen molar-refractivity contribution >= 4 is 57.8 Å². The Morgan fingerprint density at radius 3 is 2.36 bits per heavy atom. The van der Waals surface area contributed by atoms with Crippen LogP contribution in [0.5, 0.6) is 0 Å². The number of aliphatic carboxylic acids is 2. The molecule has 1 aromatic heterocycles. The number of nitrogens with zero attached hydrogens (tertiary/aromatic N) is 4. The highest BCUT2D eigenvalue weighted by Crippen LogP contribution is 2.41. The average molecular weight is 491 g/mol. The number of anilines is 2. The Balaban J connectivity index is 0.000000331. The fourth-order valence-corrected chi connectivity index (χ4v) is 4.78. The van der Waals surface area contributed by atoms with Crippen LogP contribution in [0.3, 0.4) is 0 Å². The maximum Gasteiger partial charge on any atom is 0.328 e. The number of amidine groups is 1. The van der Waals surface area contributed by atoms with E-state index in [0.29, 0.717) is 12.2 Å². The molecule has 0 unspecified atom stereocenters. The zero-order valence-corrected chi connectivity index (χ0v) is 20.1. The Morgan fingerprint density at radius 2 is 1.76 bits per heavy atom. The van der Waals surface area contributed by atoms with Gasteiger partial charge in [0.2, 0.25) is 0 Å². The maximum atomic E-state index is 9.55. The molecule has 8 nitrogen and oxygen atoms in total. The van der Waals surface area contributed by atoms with Gasteiger partial charge in [-0.05, 0) is 31.2 Å². The predicted octanol–water partition coefficient (Wildman–Crippen LogP) is 4.30. The first-order valence-electron chi connectivity index (χ1n) is 10.6. The molecule has 1 fully saturated rings. The van der Waals surface area contributed by atoms with Crippen molar-refractivity contribution < 1.29 is 19.8 Å². The molecule has 33 heavy (non-hydrogen) atoms. The molecule has 2 aromatic rings. The Bertz CT molecular complexity index is 1040. The van der Waals surface area contributed by atoms with Crippen LogP contribution >= 0.6 is 22.9 Å². The molecule has 0 bridgehead atoms. The third kappa shape index (κ3) is 6.34. The van der Waals surface area contributed by atoms with Crippen LogP contribution in [0, 0.1) is 0 Å². The second-order valence-corrected chi connectivity index (χ2v) is 8.82. The fourth-order valence-electron chi connectivity index (χ4n) is 3.77. The number of carboxylic acid groups (broad SMARTS) is 2. The largest absolute Gasteiger partial charge is 0.478 e. The van der Waals surface area contributed by atoms with Crippen LogP contribution in [-0.2, 0) is 9.59 Å². The summed E-state index contributed by atoms with van der Waals surface area (Å²) in [5.41, 5.74) is 4.50. The second-order valence-electron chi connectivity index (χ2n) is 7.64. The van der Waals surface area contributed by atoms with Crippen molar-refractivity contribution in [2.75, 3.05) is 44.7 Å². The summed E-state index contributed by atoms with van der Waals surface area (Å²) in [4.78, 5) is 31.4. The molecule has 1 saturated heterocycles. The highest BCUT2D eigenvalue weighted by molar-refractivity contribution is 7.08. The molecule has 1 aromatic carbocycles. The molecule has 0 radical (unpaired) electrons. The minimum atomic E-state index is -1.26. The Kier molecular flexibility index (Phi) is 8.49. The summed E-state index contributed by atoms with van der Waals surface area (Å²) in [7, 11) is 2.11. The van der Waals surface area contributed by atoms with Gasteiger partial charge in [0.25, 0.3) is 0 Å². The standard InChI is InChI=1S/C19H23ClN4S.C4H4O4/c1-3-6-23-7-9-24(10-8-23)19-15-12-25-13-18(15)22(2)17-5-4-14(20)11-16(17)21-19;5-3(6)1-2-4(7)8/h4-5,11-13H,3,6-10H2,1-2H3;1-2H,(H,5,6)(H,7,8)/b;2-1+. The monoisotopic (exact) mass is 490 g/mol. The molecule has 176 valence electrons. The molecular formula is C23H27ClN4O4S. The summed E-state index contributed by atoms with van der Waals surface area (Å²) in [5.74, 6) is -1.43. The van der Waals surface area contributed by atoms with E-state index in [1.165, 1.54) is 24.2 Å². The van der Waals surface area contributed by atoms with Gasteiger partial charge in [-0.1, -0.05) is 18.5 Å². The number of fused-ring (bicyclic) bond motifs is 2. The molecule has 2 aliphatic heterocycles. The number of benzene rings is 1. The quantitative estimate of drug-likeness (QED) is 0.616. The van der Waals surface area contributed by atoms with E-state index in [0.717, 1.165) is 48.4 Å². The summed E-state index contributed by atoms with van der Waals surface area (Å²) < 4.78 is 0. The number of hydrogen-bond acceptors (Lipinski definition) is 7. The van der Waals surface area contributed by atoms with Crippen molar-refractivity contribution in [2.24, 2.45) is 4.99 Å². The van der Waals surface area contributed by atoms with E-state index < -0.39 is 11.9 Å². The van der Waals surface area contributed by atoms with Gasteiger partial charge >= 0.3 is 11.9 Å². The molecule has 3 heterocycles. The molecule has 10 heteroatoms. The summed E-state index contributed by atoms with van der Waals surface area (Å²) in [5, 5.41) is 20.8. The van der Waals surface area contributed by atoms with E-state index in [-0.39, 0.29) is 0 Å². The lowest BCUT2D eigenvalue weighted by Crippen LogP contribution is -2.49. The average Bonchev–Trinajstić information content (AvgIpc) is 3.23. The Hall–Kier alpha value is -2.88. The number of aliphatic imine (C=N–C) groups is 1. The van der Waals surface area contributed by atoms with Gasteiger partial charge in [0.1, 0.15) is 5.84 Å². The summed E-state index contributed by atoms with van der Waals surface area (Å²) in [6.07, 6.45) is 2.33. The molecule has 0 amide bonds. The van der Waals surface area contributed by atoms with E-state index in [1.807, 2.05) is 12.1 Å². The lowest BCUT2D eigenvalue weighted by molar-refractivity contribution is -0.134. The first-order chi connectivity index (χ1) is 15.8. The molecule has 2 aliphatic rings. The fraction of sp³-hybridized carbons (Fsp3) is 0.348. The zero-order chi connectivity index (χ0) is 24.0. The topological polar surface area (TPSA) is 96.7 Å². The normalized spacial score (nSPS) is 15.8. The molecule has 4 rings (SSSR count). The molecule has 0 aliphatic carbocycles. The van der Waals surface area contributed by atoms with Crippen LogP contribution < -0.4 is 4.90 Å². The molecule has 2 N–H and O–H groups in total. The predicted molar refractivity (Wildman–Crippen MR) is 133 cm³/mol. The van der Waals surface area contributed by atoms with Crippen molar-refractivity contribution in [1.29, 1.82) is 0 Å². The van der Waals surface area contributed by atoms with E-state index in [4.69, 9.17) is 26.8 Å². The smallest absolute Gasteiger partial charge is 0.328 e. The van der Waals surface area contributed by atoms with Crippen LogP contribution in [0.25, 0.3) is 0 Å². The number of rotatable bonds is 4. The van der Waals surface area contributed by atoms with Gasteiger partial charge in [-0.15, -0.1) is 11.3 Å². The summed E-state index contributed by atoms with van der Waals surface area (Å²) >= 11 is 7.98.